The lowest BCUT2D eigenvalue weighted by Crippen LogP contribution is -2.37. The van der Waals surface area contributed by atoms with Crippen molar-refractivity contribution in [1.82, 2.24) is 24.4 Å². The zero-order valence-electron chi connectivity index (χ0n) is 24.5. The van der Waals surface area contributed by atoms with Crippen molar-refractivity contribution in [3.8, 4) is 0 Å². The van der Waals surface area contributed by atoms with Crippen LogP contribution in [0, 0.1) is 12.3 Å². The largest absolute Gasteiger partial charge is 0.416 e. The molecule has 6 rings (SSSR count). The van der Waals surface area contributed by atoms with Gasteiger partial charge >= 0.3 is 6.18 Å². The lowest BCUT2D eigenvalue weighted by atomic mass is 9.87. The van der Waals surface area contributed by atoms with Crippen molar-refractivity contribution in [3.05, 3.63) is 52.3 Å². The molecule has 3 aliphatic rings. The van der Waals surface area contributed by atoms with E-state index in [0.29, 0.717) is 55.2 Å². The first-order valence-corrected chi connectivity index (χ1v) is 15.7. The van der Waals surface area contributed by atoms with Crippen molar-refractivity contribution >= 4 is 35.3 Å². The third kappa shape index (κ3) is 5.98. The standard InChI is InChI=1S/C30H38F3N7OS/c1-21-22(5-4-6-23(21)30(31,32)33)15-26-25(17-38-9-7-29(18-38)8-14-42-19-29)35-28-24(34-20-37(2)3)16-27(36-40(26)28)39-10-12-41-13-11-39/h4-6,16,20H,7-15,17-19H2,1-3H3/b34-20+. The van der Waals surface area contributed by atoms with E-state index in [1.54, 1.807) is 19.3 Å². The van der Waals surface area contributed by atoms with Gasteiger partial charge in [0.25, 0.3) is 0 Å². The van der Waals surface area contributed by atoms with E-state index in [9.17, 15) is 13.2 Å². The van der Waals surface area contributed by atoms with Crippen molar-refractivity contribution in [2.45, 2.75) is 38.9 Å². The second kappa shape index (κ2) is 11.7. The maximum atomic E-state index is 13.8. The molecule has 1 unspecified atom stereocenters. The molecular formula is C30H38F3N7OS. The first-order chi connectivity index (χ1) is 20.1. The number of thioether (sulfide) groups is 1. The van der Waals surface area contributed by atoms with Crippen LogP contribution in [-0.2, 0) is 23.9 Å². The van der Waals surface area contributed by atoms with Crippen LogP contribution in [-0.4, -0.2) is 95.7 Å². The van der Waals surface area contributed by atoms with E-state index >= 15 is 0 Å². The highest BCUT2D eigenvalue weighted by atomic mass is 32.2. The Kier molecular flexibility index (Phi) is 8.14. The summed E-state index contributed by atoms with van der Waals surface area (Å²) in [6.45, 7) is 6.82. The molecule has 0 bridgehead atoms. The van der Waals surface area contributed by atoms with Gasteiger partial charge in [-0.05, 0) is 54.7 Å². The van der Waals surface area contributed by atoms with Crippen molar-refractivity contribution in [3.63, 3.8) is 0 Å². The number of imidazole rings is 1. The highest BCUT2D eigenvalue weighted by Gasteiger charge is 2.41. The van der Waals surface area contributed by atoms with Gasteiger partial charge < -0.3 is 14.5 Å². The van der Waals surface area contributed by atoms with Gasteiger partial charge in [-0.15, -0.1) is 5.10 Å². The van der Waals surface area contributed by atoms with E-state index in [-0.39, 0.29) is 12.0 Å². The first-order valence-electron chi connectivity index (χ1n) is 14.5. The zero-order chi connectivity index (χ0) is 29.5. The van der Waals surface area contributed by atoms with Crippen molar-refractivity contribution in [1.29, 1.82) is 0 Å². The summed E-state index contributed by atoms with van der Waals surface area (Å²) in [5, 5.41) is 5.04. The molecule has 1 atom stereocenters. The molecule has 0 amide bonds. The van der Waals surface area contributed by atoms with Gasteiger partial charge in [0.2, 0.25) is 0 Å². The number of fused-ring (bicyclic) bond motifs is 1. The predicted molar refractivity (Wildman–Crippen MR) is 161 cm³/mol. The van der Waals surface area contributed by atoms with Gasteiger partial charge in [-0.2, -0.15) is 24.9 Å². The summed E-state index contributed by atoms with van der Waals surface area (Å²) in [6, 6.07) is 6.39. The Bertz CT molecular complexity index is 1460. The molecule has 0 saturated carbocycles. The summed E-state index contributed by atoms with van der Waals surface area (Å²) in [5.74, 6) is 3.16. The van der Waals surface area contributed by atoms with Crippen LogP contribution in [0.3, 0.4) is 0 Å². The third-order valence-electron chi connectivity index (χ3n) is 8.68. The van der Waals surface area contributed by atoms with Gasteiger partial charge in [0.1, 0.15) is 5.69 Å². The lowest BCUT2D eigenvalue weighted by molar-refractivity contribution is -0.138. The van der Waals surface area contributed by atoms with Crippen LogP contribution < -0.4 is 4.90 Å². The minimum atomic E-state index is -4.42. The van der Waals surface area contributed by atoms with Gasteiger partial charge in [-0.25, -0.2) is 14.5 Å². The third-order valence-corrected chi connectivity index (χ3v) is 9.98. The minimum absolute atomic E-state index is 0.240. The van der Waals surface area contributed by atoms with Gasteiger partial charge in [0, 0.05) is 58.5 Å². The number of hydrogen-bond acceptors (Lipinski definition) is 7. The van der Waals surface area contributed by atoms with Crippen molar-refractivity contribution in [2.75, 3.05) is 69.9 Å². The molecule has 1 spiro atoms. The summed E-state index contributed by atoms with van der Waals surface area (Å²) < 4.78 is 48.9. The fourth-order valence-electron chi connectivity index (χ4n) is 6.31. The number of alkyl halides is 3. The minimum Gasteiger partial charge on any atom is -0.378 e. The molecule has 3 aliphatic heterocycles. The second-order valence-corrected chi connectivity index (χ2v) is 13.1. The summed E-state index contributed by atoms with van der Waals surface area (Å²) in [6.07, 6.45) is 0.0288. The fraction of sp³-hybridized carbons (Fsp3) is 0.567. The van der Waals surface area contributed by atoms with Gasteiger partial charge in [0.15, 0.2) is 11.5 Å². The van der Waals surface area contributed by atoms with E-state index < -0.39 is 11.7 Å². The summed E-state index contributed by atoms with van der Waals surface area (Å²) >= 11 is 2.04. The number of aliphatic imine (C=N–C) groups is 1. The number of benzene rings is 1. The molecule has 3 saturated heterocycles. The topological polar surface area (TPSA) is 61.5 Å². The number of aromatic nitrogens is 3. The molecule has 2 aromatic heterocycles. The molecule has 5 heterocycles. The van der Waals surface area contributed by atoms with Gasteiger partial charge in [-0.1, -0.05) is 12.1 Å². The van der Waals surface area contributed by atoms with E-state index in [1.165, 1.54) is 30.4 Å². The Balaban J connectivity index is 1.47. The van der Waals surface area contributed by atoms with Crippen LogP contribution in [0.2, 0.25) is 0 Å². The number of morpholine rings is 1. The SMILES string of the molecule is Cc1c(Cc2c(CN3CCC4(CCSC4)C3)nc3c(/N=C/N(C)C)cc(N4CCOCC4)nn23)cccc1C(F)(F)F. The smallest absolute Gasteiger partial charge is 0.378 e. The number of rotatable bonds is 7. The second-order valence-electron chi connectivity index (χ2n) is 12.0. The van der Waals surface area contributed by atoms with Crippen LogP contribution in [0.4, 0.5) is 24.7 Å². The molecule has 0 aliphatic carbocycles. The molecule has 42 heavy (non-hydrogen) atoms. The molecule has 12 heteroatoms. The van der Waals surface area contributed by atoms with E-state index in [1.807, 2.05) is 41.3 Å². The fourth-order valence-corrected chi connectivity index (χ4v) is 7.85. The quantitative estimate of drug-likeness (QED) is 0.278. The Morgan fingerprint density at radius 1 is 1.17 bits per heavy atom. The van der Waals surface area contributed by atoms with E-state index in [0.717, 1.165) is 36.4 Å². The van der Waals surface area contributed by atoms with Crippen LogP contribution >= 0.6 is 11.8 Å². The maximum absolute atomic E-state index is 13.8. The number of halogens is 3. The number of likely N-dealkylation sites (tertiary alicyclic amines) is 1. The van der Waals surface area contributed by atoms with Crippen LogP contribution in [0.1, 0.15) is 40.9 Å². The molecule has 3 aromatic rings. The highest BCUT2D eigenvalue weighted by molar-refractivity contribution is 7.99. The molecular weight excluding hydrogens is 563 g/mol. The number of nitrogens with zero attached hydrogens (tertiary/aromatic N) is 7. The van der Waals surface area contributed by atoms with Crippen molar-refractivity contribution < 1.29 is 17.9 Å². The van der Waals surface area contributed by atoms with E-state index in [4.69, 9.17) is 19.8 Å². The molecule has 1 aromatic carbocycles. The summed E-state index contributed by atoms with van der Waals surface area (Å²) in [4.78, 5) is 16.4. The van der Waals surface area contributed by atoms with Crippen LogP contribution in [0.5, 0.6) is 0 Å². The number of anilines is 1. The summed E-state index contributed by atoms with van der Waals surface area (Å²) in [5.41, 5.74) is 3.58. The Labute approximate surface area is 248 Å². The molecule has 8 nitrogen and oxygen atoms in total. The number of ether oxygens (including phenoxy) is 1. The summed E-state index contributed by atoms with van der Waals surface area (Å²) in [7, 11) is 3.82. The monoisotopic (exact) mass is 601 g/mol. The lowest BCUT2D eigenvalue weighted by Gasteiger charge is -2.28. The Hall–Kier alpha value is -2.83. The molecule has 0 N–H and O–H groups in total. The Morgan fingerprint density at radius 2 is 1.98 bits per heavy atom. The zero-order valence-corrected chi connectivity index (χ0v) is 25.3. The highest BCUT2D eigenvalue weighted by Crippen LogP contribution is 2.44. The molecule has 0 radical (unpaired) electrons. The number of hydrogen-bond donors (Lipinski definition) is 0. The average Bonchev–Trinajstić information content (AvgIpc) is 3.68. The average molecular weight is 602 g/mol. The van der Waals surface area contributed by atoms with Crippen LogP contribution in [0.15, 0.2) is 29.3 Å². The molecule has 3 fully saturated rings. The molecule has 226 valence electrons. The Morgan fingerprint density at radius 3 is 2.69 bits per heavy atom. The van der Waals surface area contributed by atoms with Gasteiger partial charge in [-0.3, -0.25) is 4.90 Å². The predicted octanol–water partition coefficient (Wildman–Crippen LogP) is 5.03. The first kappa shape index (κ1) is 29.3. The van der Waals surface area contributed by atoms with Gasteiger partial charge in [0.05, 0.1) is 36.5 Å². The van der Waals surface area contributed by atoms with Crippen molar-refractivity contribution in [2.24, 2.45) is 10.4 Å². The normalized spacial score (nSPS) is 21.9. The van der Waals surface area contributed by atoms with E-state index in [2.05, 4.69) is 9.80 Å². The van der Waals surface area contributed by atoms with Crippen LogP contribution in [0.25, 0.3) is 5.65 Å². The maximum Gasteiger partial charge on any atom is 0.416 e.